The van der Waals surface area contributed by atoms with Crippen LogP contribution in [0.5, 0.6) is 0 Å². The molecule has 0 aliphatic heterocycles. The Morgan fingerprint density at radius 3 is 2.81 bits per heavy atom. The molecule has 0 saturated heterocycles. The van der Waals surface area contributed by atoms with E-state index < -0.39 is 0 Å². The highest BCUT2D eigenvalue weighted by Crippen LogP contribution is 2.39. The Balaban J connectivity index is 2.16. The van der Waals surface area contributed by atoms with E-state index in [0.29, 0.717) is 5.92 Å². The van der Waals surface area contributed by atoms with Gasteiger partial charge in [0.15, 0.2) is 0 Å². The summed E-state index contributed by atoms with van der Waals surface area (Å²) >= 11 is 6.06. The van der Waals surface area contributed by atoms with E-state index in [1.165, 1.54) is 31.2 Å². The van der Waals surface area contributed by atoms with Gasteiger partial charge in [0.2, 0.25) is 0 Å². The van der Waals surface area contributed by atoms with E-state index in [0.717, 1.165) is 23.9 Å². The first-order chi connectivity index (χ1) is 7.81. The molecule has 16 heavy (non-hydrogen) atoms. The van der Waals surface area contributed by atoms with Crippen LogP contribution < -0.4 is 5.73 Å². The van der Waals surface area contributed by atoms with Gasteiger partial charge in [0, 0.05) is 5.02 Å². The molecule has 1 aromatic rings. The topological polar surface area (TPSA) is 26.0 Å². The molecule has 0 heterocycles. The number of nitrogens with two attached hydrogens (primary N) is 1. The molecule has 1 aliphatic carbocycles. The summed E-state index contributed by atoms with van der Waals surface area (Å²) in [4.78, 5) is 0. The molecule has 1 aliphatic rings. The maximum Gasteiger partial charge on any atom is 0.0408 e. The van der Waals surface area contributed by atoms with Gasteiger partial charge in [-0.15, -0.1) is 0 Å². The molecule has 1 fully saturated rings. The van der Waals surface area contributed by atoms with Crippen molar-refractivity contribution in [1.29, 1.82) is 0 Å². The third-order valence-electron chi connectivity index (χ3n) is 3.72. The van der Waals surface area contributed by atoms with Gasteiger partial charge in [-0.05, 0) is 55.3 Å². The molecule has 0 spiro atoms. The van der Waals surface area contributed by atoms with Gasteiger partial charge in [0.1, 0.15) is 0 Å². The first-order valence-electron chi connectivity index (χ1n) is 6.27. The second-order valence-corrected chi connectivity index (χ2v) is 5.22. The van der Waals surface area contributed by atoms with Gasteiger partial charge in [-0.2, -0.15) is 0 Å². The summed E-state index contributed by atoms with van der Waals surface area (Å²) in [5.74, 6) is 1.44. The fourth-order valence-corrected chi connectivity index (χ4v) is 3.14. The van der Waals surface area contributed by atoms with Crippen LogP contribution in [0, 0.1) is 5.92 Å². The summed E-state index contributed by atoms with van der Waals surface area (Å²) in [5.41, 5.74) is 7.11. The van der Waals surface area contributed by atoms with Crippen molar-refractivity contribution in [1.82, 2.24) is 0 Å². The Labute approximate surface area is 103 Å². The third kappa shape index (κ3) is 2.78. The molecule has 0 bridgehead atoms. The Morgan fingerprint density at radius 2 is 2.06 bits per heavy atom. The summed E-state index contributed by atoms with van der Waals surface area (Å²) in [6.07, 6.45) is 6.48. The fourth-order valence-electron chi connectivity index (χ4n) is 2.94. The van der Waals surface area contributed by atoms with Crippen LogP contribution >= 0.6 is 11.6 Å². The average molecular weight is 238 g/mol. The SMILES string of the molecule is NCCC1CCCCC1c1cccc(Cl)c1. The zero-order valence-corrected chi connectivity index (χ0v) is 10.4. The van der Waals surface area contributed by atoms with Crippen LogP contribution in [0.2, 0.25) is 5.02 Å². The number of hydrogen-bond acceptors (Lipinski definition) is 1. The Kier molecular flexibility index (Phi) is 4.25. The molecule has 88 valence electrons. The van der Waals surface area contributed by atoms with Gasteiger partial charge >= 0.3 is 0 Å². The van der Waals surface area contributed by atoms with Gasteiger partial charge in [-0.3, -0.25) is 0 Å². The second-order valence-electron chi connectivity index (χ2n) is 4.78. The predicted molar refractivity (Wildman–Crippen MR) is 69.8 cm³/mol. The Morgan fingerprint density at radius 1 is 1.25 bits per heavy atom. The normalized spacial score (nSPS) is 25.6. The molecular weight excluding hydrogens is 218 g/mol. The van der Waals surface area contributed by atoms with Crippen molar-refractivity contribution in [2.75, 3.05) is 6.54 Å². The van der Waals surface area contributed by atoms with Crippen LogP contribution in [0.15, 0.2) is 24.3 Å². The van der Waals surface area contributed by atoms with Crippen LogP contribution in [-0.2, 0) is 0 Å². The Bertz CT molecular complexity index is 335. The van der Waals surface area contributed by atoms with Crippen molar-refractivity contribution in [2.45, 2.75) is 38.0 Å². The van der Waals surface area contributed by atoms with Crippen molar-refractivity contribution in [2.24, 2.45) is 11.7 Å². The summed E-state index contributed by atoms with van der Waals surface area (Å²) < 4.78 is 0. The van der Waals surface area contributed by atoms with Gasteiger partial charge in [-0.25, -0.2) is 0 Å². The smallest absolute Gasteiger partial charge is 0.0408 e. The number of benzene rings is 1. The summed E-state index contributed by atoms with van der Waals surface area (Å²) in [6.45, 7) is 0.807. The minimum atomic E-state index is 0.677. The maximum absolute atomic E-state index is 6.06. The fraction of sp³-hybridized carbons (Fsp3) is 0.571. The van der Waals surface area contributed by atoms with E-state index in [-0.39, 0.29) is 0 Å². The van der Waals surface area contributed by atoms with Crippen LogP contribution in [0.4, 0.5) is 0 Å². The minimum absolute atomic E-state index is 0.677. The second kappa shape index (κ2) is 5.70. The van der Waals surface area contributed by atoms with Crippen molar-refractivity contribution >= 4 is 11.6 Å². The molecule has 1 nitrogen and oxygen atoms in total. The lowest BCUT2D eigenvalue weighted by atomic mass is 9.74. The van der Waals surface area contributed by atoms with Gasteiger partial charge in [0.05, 0.1) is 0 Å². The van der Waals surface area contributed by atoms with Crippen LogP contribution in [0.3, 0.4) is 0 Å². The van der Waals surface area contributed by atoms with Crippen LogP contribution in [0.1, 0.15) is 43.6 Å². The number of hydrogen-bond donors (Lipinski definition) is 1. The molecule has 0 radical (unpaired) electrons. The number of halogens is 1. The van der Waals surface area contributed by atoms with Gasteiger partial charge in [0.25, 0.3) is 0 Å². The lowest BCUT2D eigenvalue weighted by molar-refractivity contribution is 0.294. The minimum Gasteiger partial charge on any atom is -0.330 e. The van der Waals surface area contributed by atoms with E-state index in [9.17, 15) is 0 Å². The molecule has 2 rings (SSSR count). The lowest BCUT2D eigenvalue weighted by Crippen LogP contribution is -2.20. The summed E-state index contributed by atoms with van der Waals surface area (Å²) in [5, 5.41) is 0.856. The Hall–Kier alpha value is -0.530. The van der Waals surface area contributed by atoms with Crippen molar-refractivity contribution in [3.05, 3.63) is 34.9 Å². The van der Waals surface area contributed by atoms with Gasteiger partial charge < -0.3 is 5.73 Å². The standard InChI is InChI=1S/C14H20ClN/c15-13-6-3-5-12(10-13)14-7-2-1-4-11(14)8-9-16/h3,5-6,10-11,14H,1-2,4,7-9,16H2. The molecular formula is C14H20ClN. The maximum atomic E-state index is 6.06. The summed E-state index contributed by atoms with van der Waals surface area (Å²) in [7, 11) is 0. The van der Waals surface area contributed by atoms with E-state index in [1.807, 2.05) is 6.07 Å². The van der Waals surface area contributed by atoms with Crippen molar-refractivity contribution in [3.8, 4) is 0 Å². The first-order valence-corrected chi connectivity index (χ1v) is 6.64. The van der Waals surface area contributed by atoms with Crippen LogP contribution in [0.25, 0.3) is 0 Å². The predicted octanol–water partition coefficient (Wildman–Crippen LogP) is 3.96. The molecule has 2 unspecified atom stereocenters. The zero-order chi connectivity index (χ0) is 11.4. The highest BCUT2D eigenvalue weighted by Gasteiger charge is 2.25. The van der Waals surface area contributed by atoms with E-state index >= 15 is 0 Å². The molecule has 1 saturated carbocycles. The molecule has 2 N–H and O–H groups in total. The quantitative estimate of drug-likeness (QED) is 0.846. The third-order valence-corrected chi connectivity index (χ3v) is 3.96. The van der Waals surface area contributed by atoms with E-state index in [2.05, 4.69) is 18.2 Å². The zero-order valence-electron chi connectivity index (χ0n) is 9.66. The van der Waals surface area contributed by atoms with Gasteiger partial charge in [-0.1, -0.05) is 36.6 Å². The molecule has 2 heteroatoms. The van der Waals surface area contributed by atoms with Crippen LogP contribution in [-0.4, -0.2) is 6.54 Å². The molecule has 1 aromatic carbocycles. The number of rotatable bonds is 3. The van der Waals surface area contributed by atoms with E-state index in [1.54, 1.807) is 0 Å². The first kappa shape index (κ1) is 11.9. The highest BCUT2D eigenvalue weighted by molar-refractivity contribution is 6.30. The average Bonchev–Trinajstić information content (AvgIpc) is 2.30. The summed E-state index contributed by atoms with van der Waals surface area (Å²) in [6, 6.07) is 8.35. The molecule has 0 amide bonds. The van der Waals surface area contributed by atoms with E-state index in [4.69, 9.17) is 17.3 Å². The molecule has 2 atom stereocenters. The molecule has 0 aromatic heterocycles. The largest absolute Gasteiger partial charge is 0.330 e. The highest BCUT2D eigenvalue weighted by atomic mass is 35.5. The monoisotopic (exact) mass is 237 g/mol. The van der Waals surface area contributed by atoms with Crippen molar-refractivity contribution < 1.29 is 0 Å². The lowest BCUT2D eigenvalue weighted by Gasteiger charge is -2.31. The van der Waals surface area contributed by atoms with Crippen molar-refractivity contribution in [3.63, 3.8) is 0 Å².